The molecule has 5 heteroatoms. The largest absolute Gasteiger partial charge is 0.306 e. The summed E-state index contributed by atoms with van der Waals surface area (Å²) in [6, 6.07) is 0.693. The first-order valence-corrected chi connectivity index (χ1v) is 6.72. The van der Waals surface area contributed by atoms with Gasteiger partial charge in [0.15, 0.2) is 0 Å². The second-order valence-electron chi connectivity index (χ2n) is 4.39. The van der Waals surface area contributed by atoms with Crippen molar-refractivity contribution in [3.8, 4) is 0 Å². The Morgan fingerprint density at radius 3 is 2.88 bits per heavy atom. The van der Waals surface area contributed by atoms with E-state index in [1.54, 1.807) is 11.3 Å². The van der Waals surface area contributed by atoms with Crippen molar-refractivity contribution in [2.75, 3.05) is 0 Å². The number of aromatic nitrogens is 3. The van der Waals surface area contributed by atoms with Crippen molar-refractivity contribution >= 4 is 11.3 Å². The molecule has 0 saturated heterocycles. The number of hydrogen-bond acceptors (Lipinski definition) is 4. The van der Waals surface area contributed by atoms with Crippen LogP contribution >= 0.6 is 11.3 Å². The third-order valence-electron chi connectivity index (χ3n) is 2.96. The van der Waals surface area contributed by atoms with Crippen LogP contribution in [0.5, 0.6) is 0 Å². The molecule has 0 saturated carbocycles. The summed E-state index contributed by atoms with van der Waals surface area (Å²) < 4.78 is 2.01. The summed E-state index contributed by atoms with van der Waals surface area (Å²) in [6.07, 6.45) is 3.97. The van der Waals surface area contributed by atoms with Crippen molar-refractivity contribution in [3.63, 3.8) is 0 Å². The Labute approximate surface area is 106 Å². The van der Waals surface area contributed by atoms with Crippen LogP contribution in [0.25, 0.3) is 0 Å². The quantitative estimate of drug-likeness (QED) is 0.886. The average molecular weight is 250 g/mol. The molecule has 1 N–H and O–H groups in total. The fourth-order valence-corrected chi connectivity index (χ4v) is 2.20. The molecule has 2 atom stereocenters. The van der Waals surface area contributed by atoms with Crippen molar-refractivity contribution < 1.29 is 0 Å². The lowest BCUT2D eigenvalue weighted by atomic mass is 10.1. The Morgan fingerprint density at radius 1 is 1.47 bits per heavy atom. The van der Waals surface area contributed by atoms with E-state index in [1.807, 2.05) is 16.4 Å². The van der Waals surface area contributed by atoms with Crippen LogP contribution in [-0.4, -0.2) is 20.8 Å². The summed E-state index contributed by atoms with van der Waals surface area (Å²) in [6.45, 7) is 7.22. The smallest absolute Gasteiger partial charge is 0.0795 e. The first kappa shape index (κ1) is 12.3. The van der Waals surface area contributed by atoms with E-state index in [4.69, 9.17) is 0 Å². The first-order chi connectivity index (χ1) is 8.16. The Morgan fingerprint density at radius 2 is 2.29 bits per heavy atom. The Balaban J connectivity index is 1.89. The zero-order chi connectivity index (χ0) is 12.3. The molecular weight excluding hydrogens is 232 g/mol. The lowest BCUT2D eigenvalue weighted by Gasteiger charge is -2.21. The third-order valence-corrected chi connectivity index (χ3v) is 3.60. The lowest BCUT2D eigenvalue weighted by molar-refractivity contribution is 0.364. The molecule has 92 valence electrons. The topological polar surface area (TPSA) is 42.7 Å². The van der Waals surface area contributed by atoms with Gasteiger partial charge in [0.2, 0.25) is 0 Å². The highest BCUT2D eigenvalue weighted by molar-refractivity contribution is 7.07. The van der Waals surface area contributed by atoms with Crippen molar-refractivity contribution in [2.45, 2.75) is 39.4 Å². The molecule has 17 heavy (non-hydrogen) atoms. The van der Waals surface area contributed by atoms with E-state index in [2.05, 4.69) is 47.7 Å². The van der Waals surface area contributed by atoms with Gasteiger partial charge >= 0.3 is 0 Å². The summed E-state index contributed by atoms with van der Waals surface area (Å²) in [5.41, 5.74) is 4.16. The molecule has 0 spiro atoms. The van der Waals surface area contributed by atoms with Crippen LogP contribution in [-0.2, 0) is 6.54 Å². The molecule has 2 rings (SSSR count). The lowest BCUT2D eigenvalue weighted by Crippen LogP contribution is -2.33. The van der Waals surface area contributed by atoms with Gasteiger partial charge < -0.3 is 5.32 Å². The van der Waals surface area contributed by atoms with Gasteiger partial charge in [-0.1, -0.05) is 0 Å². The summed E-state index contributed by atoms with van der Waals surface area (Å²) in [4.78, 5) is 4.26. The van der Waals surface area contributed by atoms with Crippen LogP contribution in [0.4, 0.5) is 0 Å². The van der Waals surface area contributed by atoms with Crippen molar-refractivity contribution in [1.82, 2.24) is 20.1 Å². The molecule has 0 fully saturated rings. The van der Waals surface area contributed by atoms with Crippen molar-refractivity contribution in [2.24, 2.45) is 0 Å². The molecule has 4 nitrogen and oxygen atoms in total. The summed E-state index contributed by atoms with van der Waals surface area (Å²) in [5.74, 6) is 0. The minimum atomic E-state index is 0.335. The van der Waals surface area contributed by atoms with Crippen LogP contribution in [0.15, 0.2) is 23.3 Å². The van der Waals surface area contributed by atoms with Gasteiger partial charge in [0.05, 0.1) is 23.4 Å². The molecule has 2 aromatic rings. The Kier molecular flexibility index (Phi) is 3.91. The third kappa shape index (κ3) is 3.14. The molecule has 2 aromatic heterocycles. The minimum Gasteiger partial charge on any atom is -0.306 e. The van der Waals surface area contributed by atoms with Crippen LogP contribution in [0.3, 0.4) is 0 Å². The molecule has 0 bridgehead atoms. The number of hydrogen-bond donors (Lipinski definition) is 1. The second kappa shape index (κ2) is 5.42. The number of rotatable bonds is 5. The normalized spacial score (nSPS) is 14.8. The van der Waals surface area contributed by atoms with Gasteiger partial charge in [-0.3, -0.25) is 4.68 Å². The molecule has 0 aromatic carbocycles. The van der Waals surface area contributed by atoms with E-state index in [1.165, 1.54) is 5.56 Å². The second-order valence-corrected chi connectivity index (χ2v) is 5.11. The Hall–Kier alpha value is -1.20. The highest BCUT2D eigenvalue weighted by atomic mass is 32.1. The van der Waals surface area contributed by atoms with Gasteiger partial charge in [-0.2, -0.15) is 5.10 Å². The summed E-state index contributed by atoms with van der Waals surface area (Å²) in [7, 11) is 0. The zero-order valence-electron chi connectivity index (χ0n) is 10.4. The van der Waals surface area contributed by atoms with Gasteiger partial charge in [-0.25, -0.2) is 4.98 Å². The van der Waals surface area contributed by atoms with Crippen LogP contribution in [0, 0.1) is 6.92 Å². The van der Waals surface area contributed by atoms with Crippen LogP contribution in [0.1, 0.15) is 31.1 Å². The van der Waals surface area contributed by atoms with E-state index in [0.717, 1.165) is 12.2 Å². The monoisotopic (exact) mass is 250 g/mol. The molecule has 0 unspecified atom stereocenters. The average Bonchev–Trinajstić information content (AvgIpc) is 2.95. The Bertz CT molecular complexity index is 449. The van der Waals surface area contributed by atoms with E-state index >= 15 is 0 Å². The number of thiazole rings is 1. The number of nitrogens with one attached hydrogen (secondary N) is 1. The number of aryl methyl sites for hydroxylation is 1. The highest BCUT2D eigenvalue weighted by Gasteiger charge is 2.14. The van der Waals surface area contributed by atoms with Crippen molar-refractivity contribution in [3.05, 3.63) is 34.5 Å². The predicted molar refractivity (Wildman–Crippen MR) is 70.1 cm³/mol. The molecule has 0 amide bonds. The summed E-state index contributed by atoms with van der Waals surface area (Å²) >= 11 is 1.63. The van der Waals surface area contributed by atoms with Gasteiger partial charge in [0, 0.05) is 24.2 Å². The maximum Gasteiger partial charge on any atom is 0.0795 e. The van der Waals surface area contributed by atoms with E-state index in [0.29, 0.717) is 12.1 Å². The van der Waals surface area contributed by atoms with Gasteiger partial charge in [-0.15, -0.1) is 11.3 Å². The highest BCUT2D eigenvalue weighted by Crippen LogP contribution is 2.11. The number of nitrogens with zero attached hydrogens (tertiary/aromatic N) is 3. The van der Waals surface area contributed by atoms with E-state index in [9.17, 15) is 0 Å². The fraction of sp³-hybridized carbons (Fsp3) is 0.500. The molecule has 0 aliphatic heterocycles. The maximum atomic E-state index is 4.34. The fourth-order valence-electron chi connectivity index (χ4n) is 1.65. The van der Waals surface area contributed by atoms with E-state index in [-0.39, 0.29) is 0 Å². The molecule has 2 heterocycles. The molecular formula is C12H18N4S. The van der Waals surface area contributed by atoms with Gasteiger partial charge in [-0.05, 0) is 26.3 Å². The summed E-state index contributed by atoms with van der Waals surface area (Å²) in [5, 5.41) is 9.89. The first-order valence-electron chi connectivity index (χ1n) is 5.78. The van der Waals surface area contributed by atoms with Gasteiger partial charge in [0.1, 0.15) is 0 Å². The van der Waals surface area contributed by atoms with Gasteiger partial charge in [0.25, 0.3) is 0 Å². The minimum absolute atomic E-state index is 0.335. The zero-order valence-corrected chi connectivity index (χ0v) is 11.2. The molecule has 0 aliphatic carbocycles. The molecule has 0 aliphatic rings. The standard InChI is InChI=1S/C12H18N4S/c1-9-4-15-16(6-9)11(3)10(2)13-5-12-7-17-8-14-12/h4,6-8,10-11,13H,5H2,1-3H3/t10-,11+/m0/s1. The van der Waals surface area contributed by atoms with Crippen LogP contribution in [0.2, 0.25) is 0 Å². The molecule has 0 radical (unpaired) electrons. The SMILES string of the molecule is Cc1cnn([C@H](C)[C@H](C)NCc2cscn2)c1. The van der Waals surface area contributed by atoms with E-state index < -0.39 is 0 Å². The van der Waals surface area contributed by atoms with Crippen LogP contribution < -0.4 is 5.32 Å². The predicted octanol–water partition coefficient (Wildman–Crippen LogP) is 2.39. The van der Waals surface area contributed by atoms with Crippen molar-refractivity contribution in [1.29, 1.82) is 0 Å². The maximum absolute atomic E-state index is 4.34.